The normalized spacial score (nSPS) is 10.5. The third-order valence-corrected chi connectivity index (χ3v) is 1.95. The molecule has 1 aromatic carbocycles. The van der Waals surface area contributed by atoms with Crippen molar-refractivity contribution in [3.05, 3.63) is 29.8 Å². The van der Waals surface area contributed by atoms with Crippen LogP contribution in [0.5, 0.6) is 11.5 Å². The number of ether oxygens (including phenoxy) is 2. The number of carbonyl (C=O) groups excluding carboxylic acids is 1. The highest BCUT2D eigenvalue weighted by Crippen LogP contribution is 2.26. The lowest BCUT2D eigenvalue weighted by Gasteiger charge is -2.03. The molecule has 92 valence electrons. The summed E-state index contributed by atoms with van der Waals surface area (Å²) in [5.41, 5.74) is 0.695. The predicted octanol–water partition coefficient (Wildman–Crippen LogP) is 0.949. The van der Waals surface area contributed by atoms with Crippen LogP contribution in [0.2, 0.25) is 0 Å². The Labute approximate surface area is 98.9 Å². The summed E-state index contributed by atoms with van der Waals surface area (Å²) in [6.45, 7) is -0.227. The number of phenolic OH excluding ortho intramolecular Hbond substituents is 1. The smallest absolute Gasteiger partial charge is 0.330 e. The lowest BCUT2D eigenvalue weighted by atomic mass is 10.2. The van der Waals surface area contributed by atoms with Gasteiger partial charge in [0.15, 0.2) is 11.5 Å². The Morgan fingerprint density at radius 2 is 2.24 bits per heavy atom. The van der Waals surface area contributed by atoms with E-state index in [1.54, 1.807) is 12.1 Å². The van der Waals surface area contributed by atoms with Crippen LogP contribution in [-0.4, -0.2) is 36.5 Å². The Kier molecular flexibility index (Phi) is 5.03. The number of benzene rings is 1. The molecule has 0 saturated carbocycles. The van der Waals surface area contributed by atoms with Gasteiger partial charge in [0.1, 0.15) is 6.61 Å². The summed E-state index contributed by atoms with van der Waals surface area (Å²) < 4.78 is 9.56. The van der Waals surface area contributed by atoms with E-state index in [1.807, 2.05) is 0 Å². The Bertz CT molecular complexity index is 411. The van der Waals surface area contributed by atoms with Crippen LogP contribution in [0.15, 0.2) is 24.3 Å². The second-order valence-electron chi connectivity index (χ2n) is 3.16. The second kappa shape index (κ2) is 6.55. The van der Waals surface area contributed by atoms with Gasteiger partial charge in [0.2, 0.25) is 0 Å². The highest BCUT2D eigenvalue weighted by atomic mass is 16.5. The fourth-order valence-corrected chi connectivity index (χ4v) is 1.16. The first kappa shape index (κ1) is 13.1. The molecule has 5 nitrogen and oxygen atoms in total. The molecule has 0 amide bonds. The number of carbonyl (C=O) groups is 1. The Balaban J connectivity index is 2.68. The molecule has 0 fully saturated rings. The van der Waals surface area contributed by atoms with E-state index in [0.717, 1.165) is 0 Å². The quantitative estimate of drug-likeness (QED) is 0.590. The first-order valence-electron chi connectivity index (χ1n) is 5.00. The summed E-state index contributed by atoms with van der Waals surface area (Å²) in [6.07, 6.45) is 2.77. The monoisotopic (exact) mass is 238 g/mol. The van der Waals surface area contributed by atoms with E-state index in [-0.39, 0.29) is 19.0 Å². The highest BCUT2D eigenvalue weighted by Gasteiger charge is 2.01. The maximum absolute atomic E-state index is 11.1. The van der Waals surface area contributed by atoms with E-state index < -0.39 is 5.97 Å². The Morgan fingerprint density at radius 1 is 1.47 bits per heavy atom. The van der Waals surface area contributed by atoms with Crippen LogP contribution in [0.1, 0.15) is 5.56 Å². The summed E-state index contributed by atoms with van der Waals surface area (Å²) in [5.74, 6) is -0.172. The molecule has 0 aliphatic rings. The van der Waals surface area contributed by atoms with Gasteiger partial charge in [-0.3, -0.25) is 0 Å². The average Bonchev–Trinajstić information content (AvgIpc) is 2.35. The van der Waals surface area contributed by atoms with Gasteiger partial charge < -0.3 is 19.7 Å². The molecule has 0 spiro atoms. The van der Waals surface area contributed by atoms with Gasteiger partial charge in [0, 0.05) is 6.08 Å². The van der Waals surface area contributed by atoms with Gasteiger partial charge in [-0.15, -0.1) is 0 Å². The van der Waals surface area contributed by atoms with Gasteiger partial charge in [0.05, 0.1) is 13.7 Å². The van der Waals surface area contributed by atoms with Crippen LogP contribution in [0.4, 0.5) is 0 Å². The summed E-state index contributed by atoms with van der Waals surface area (Å²) >= 11 is 0. The Hall–Kier alpha value is -2.01. The number of hydrogen-bond donors (Lipinski definition) is 2. The van der Waals surface area contributed by atoms with Gasteiger partial charge in [0.25, 0.3) is 0 Å². The minimum absolute atomic E-state index is 0.0257. The van der Waals surface area contributed by atoms with E-state index >= 15 is 0 Å². The van der Waals surface area contributed by atoms with E-state index in [2.05, 4.69) is 4.74 Å². The molecule has 1 aromatic rings. The van der Waals surface area contributed by atoms with Gasteiger partial charge in [-0.1, -0.05) is 6.07 Å². The van der Waals surface area contributed by atoms with Crippen LogP contribution >= 0.6 is 0 Å². The third kappa shape index (κ3) is 4.16. The number of hydrogen-bond acceptors (Lipinski definition) is 5. The zero-order valence-corrected chi connectivity index (χ0v) is 9.42. The molecule has 0 atom stereocenters. The van der Waals surface area contributed by atoms with Gasteiger partial charge in [-0.25, -0.2) is 4.79 Å². The maximum atomic E-state index is 11.1. The summed E-state index contributed by atoms with van der Waals surface area (Å²) in [5, 5.41) is 17.8. The number of aliphatic hydroxyl groups excluding tert-OH is 1. The van der Waals surface area contributed by atoms with Crippen molar-refractivity contribution in [2.45, 2.75) is 0 Å². The number of phenols is 1. The number of rotatable bonds is 5. The van der Waals surface area contributed by atoms with Crippen molar-refractivity contribution in [3.63, 3.8) is 0 Å². The summed E-state index contributed by atoms with van der Waals surface area (Å²) in [7, 11) is 1.44. The van der Waals surface area contributed by atoms with Crippen molar-refractivity contribution >= 4 is 12.0 Å². The highest BCUT2D eigenvalue weighted by molar-refractivity contribution is 5.87. The molecule has 0 aliphatic carbocycles. The van der Waals surface area contributed by atoms with Gasteiger partial charge >= 0.3 is 5.97 Å². The van der Waals surface area contributed by atoms with Gasteiger partial charge in [-0.05, 0) is 23.8 Å². The van der Waals surface area contributed by atoms with Crippen molar-refractivity contribution < 1.29 is 24.5 Å². The topological polar surface area (TPSA) is 76.0 Å². The molecule has 5 heteroatoms. The SMILES string of the molecule is COc1cc(/C=C/C(=O)OCCO)ccc1O. The first-order valence-corrected chi connectivity index (χ1v) is 5.00. The molecule has 0 aliphatic heterocycles. The summed E-state index contributed by atoms with van der Waals surface area (Å²) in [6, 6.07) is 4.69. The van der Waals surface area contributed by atoms with Crippen molar-refractivity contribution in [2.24, 2.45) is 0 Å². The van der Waals surface area contributed by atoms with E-state index in [9.17, 15) is 9.90 Å². The third-order valence-electron chi connectivity index (χ3n) is 1.95. The van der Waals surface area contributed by atoms with E-state index in [4.69, 9.17) is 9.84 Å². The van der Waals surface area contributed by atoms with Crippen molar-refractivity contribution in [3.8, 4) is 11.5 Å². The molecular weight excluding hydrogens is 224 g/mol. The first-order chi connectivity index (χ1) is 8.17. The molecule has 0 bridgehead atoms. The zero-order chi connectivity index (χ0) is 12.7. The molecule has 0 radical (unpaired) electrons. The van der Waals surface area contributed by atoms with Crippen LogP contribution in [0.3, 0.4) is 0 Å². The fourth-order valence-electron chi connectivity index (χ4n) is 1.16. The molecule has 0 heterocycles. The number of esters is 1. The van der Waals surface area contributed by atoms with E-state index in [1.165, 1.54) is 25.3 Å². The van der Waals surface area contributed by atoms with Crippen molar-refractivity contribution in [1.29, 1.82) is 0 Å². The molecule has 17 heavy (non-hydrogen) atoms. The van der Waals surface area contributed by atoms with Crippen LogP contribution in [-0.2, 0) is 9.53 Å². The largest absolute Gasteiger partial charge is 0.504 e. The molecular formula is C12H14O5. The van der Waals surface area contributed by atoms with Crippen molar-refractivity contribution in [1.82, 2.24) is 0 Å². The van der Waals surface area contributed by atoms with Crippen LogP contribution in [0.25, 0.3) is 6.08 Å². The maximum Gasteiger partial charge on any atom is 0.330 e. The van der Waals surface area contributed by atoms with Gasteiger partial charge in [-0.2, -0.15) is 0 Å². The lowest BCUT2D eigenvalue weighted by Crippen LogP contribution is -2.04. The minimum Gasteiger partial charge on any atom is -0.504 e. The zero-order valence-electron chi connectivity index (χ0n) is 9.42. The molecule has 2 N–H and O–H groups in total. The van der Waals surface area contributed by atoms with Crippen molar-refractivity contribution in [2.75, 3.05) is 20.3 Å². The lowest BCUT2D eigenvalue weighted by molar-refractivity contribution is -0.138. The minimum atomic E-state index is -0.536. The molecule has 1 rings (SSSR count). The summed E-state index contributed by atoms with van der Waals surface area (Å²) in [4.78, 5) is 11.1. The average molecular weight is 238 g/mol. The fraction of sp³-hybridized carbons (Fsp3) is 0.250. The van der Waals surface area contributed by atoms with E-state index in [0.29, 0.717) is 11.3 Å². The molecule has 0 aromatic heterocycles. The molecule has 0 unspecified atom stereocenters. The van der Waals surface area contributed by atoms with Crippen LogP contribution in [0, 0.1) is 0 Å². The standard InChI is InChI=1S/C12H14O5/c1-16-11-8-9(2-4-10(11)14)3-5-12(15)17-7-6-13/h2-5,8,13-14H,6-7H2,1H3/b5-3+. The van der Waals surface area contributed by atoms with Crippen LogP contribution < -0.4 is 4.74 Å². The number of aliphatic hydroxyl groups is 1. The number of methoxy groups -OCH3 is 1. The molecule has 0 saturated heterocycles. The predicted molar refractivity (Wildman–Crippen MR) is 61.7 cm³/mol. The Morgan fingerprint density at radius 3 is 2.88 bits per heavy atom. The number of aromatic hydroxyl groups is 1. The second-order valence-corrected chi connectivity index (χ2v) is 3.16.